The molecule has 7 nitrogen and oxygen atoms in total. The SMILES string of the molecule is CCCCCCCCCCC(O)C[N+]([O-])(OCCO)OCCO. The van der Waals surface area contributed by atoms with E-state index in [0.29, 0.717) is 6.42 Å². The third-order valence-corrected chi connectivity index (χ3v) is 3.58. The van der Waals surface area contributed by atoms with Crippen molar-refractivity contribution in [3.05, 3.63) is 5.21 Å². The number of aliphatic hydroxyl groups is 3. The lowest BCUT2D eigenvalue weighted by Crippen LogP contribution is -2.48. The van der Waals surface area contributed by atoms with Crippen LogP contribution in [0.2, 0.25) is 0 Å². The van der Waals surface area contributed by atoms with Gasteiger partial charge in [-0.15, -0.1) is 0 Å². The molecule has 0 saturated heterocycles. The molecule has 0 saturated carbocycles. The Hall–Kier alpha value is -0.280. The fourth-order valence-corrected chi connectivity index (χ4v) is 2.37. The molecular weight excluding hydrogens is 302 g/mol. The summed E-state index contributed by atoms with van der Waals surface area (Å²) in [4.78, 5) is 8.24. The zero-order valence-electron chi connectivity index (χ0n) is 14.5. The van der Waals surface area contributed by atoms with E-state index in [2.05, 4.69) is 6.92 Å². The van der Waals surface area contributed by atoms with Crippen LogP contribution >= 0.6 is 0 Å². The monoisotopic (exact) mass is 337 g/mol. The predicted octanol–water partition coefficient (Wildman–Crippen LogP) is 2.04. The van der Waals surface area contributed by atoms with Gasteiger partial charge in [-0.05, 0) is 6.42 Å². The second kappa shape index (κ2) is 15.3. The summed E-state index contributed by atoms with van der Waals surface area (Å²) in [5.74, 6) is 0. The number of hydrogen-bond acceptors (Lipinski definition) is 6. The second-order valence-corrected chi connectivity index (χ2v) is 5.82. The Bertz CT molecular complexity index is 247. The number of hydroxylamine groups is 3. The van der Waals surface area contributed by atoms with Gasteiger partial charge in [-0.25, -0.2) is 0 Å². The lowest BCUT2D eigenvalue weighted by atomic mass is 10.1. The minimum absolute atomic E-state index is 0.181. The smallest absolute Gasteiger partial charge is 0.168 e. The molecule has 0 rings (SSSR count). The molecule has 1 unspecified atom stereocenters. The zero-order valence-corrected chi connectivity index (χ0v) is 14.5. The number of hydrogen-bond donors (Lipinski definition) is 3. The summed E-state index contributed by atoms with van der Waals surface area (Å²) in [6.45, 7) is 0.956. The number of rotatable bonds is 17. The van der Waals surface area contributed by atoms with E-state index >= 15 is 0 Å². The minimum atomic E-state index is -1.50. The zero-order chi connectivity index (χ0) is 17.4. The Labute approximate surface area is 139 Å². The minimum Gasteiger partial charge on any atom is -0.564 e. The Balaban J connectivity index is 3.82. The van der Waals surface area contributed by atoms with Crippen LogP contribution in [0.1, 0.15) is 64.7 Å². The normalized spacial score (nSPS) is 13.4. The van der Waals surface area contributed by atoms with E-state index < -0.39 is 11.1 Å². The number of quaternary nitrogens is 1. The van der Waals surface area contributed by atoms with Crippen LogP contribution in [0.4, 0.5) is 0 Å². The molecule has 0 aliphatic rings. The third kappa shape index (κ3) is 13.8. The van der Waals surface area contributed by atoms with Gasteiger partial charge in [0.25, 0.3) is 0 Å². The van der Waals surface area contributed by atoms with E-state index in [-0.39, 0.29) is 33.0 Å². The summed E-state index contributed by atoms with van der Waals surface area (Å²) in [5.41, 5.74) is 0. The van der Waals surface area contributed by atoms with Gasteiger partial charge in [0, 0.05) is 0 Å². The molecule has 0 radical (unpaired) electrons. The first-order chi connectivity index (χ1) is 11.1. The molecule has 0 aromatic heterocycles. The van der Waals surface area contributed by atoms with Crippen LogP contribution in [-0.2, 0) is 9.68 Å². The van der Waals surface area contributed by atoms with Gasteiger partial charge in [0.2, 0.25) is 0 Å². The standard InChI is InChI=1S/C16H35NO6/c1-2-3-4-5-6-7-8-9-10-16(20)15-17(21,22-13-11-18)23-14-12-19/h16,18-20H,2-15H2,1H3. The maximum atomic E-state index is 12.2. The fraction of sp³-hybridized carbons (Fsp3) is 1.00. The third-order valence-electron chi connectivity index (χ3n) is 3.58. The van der Waals surface area contributed by atoms with E-state index in [0.717, 1.165) is 19.3 Å². The number of nitrogens with zero attached hydrogens (tertiary/aromatic N) is 1. The fourth-order valence-electron chi connectivity index (χ4n) is 2.37. The molecule has 140 valence electrons. The molecule has 7 heteroatoms. The number of unbranched alkanes of at least 4 members (excludes halogenated alkanes) is 7. The van der Waals surface area contributed by atoms with E-state index in [9.17, 15) is 10.3 Å². The average Bonchev–Trinajstić information content (AvgIpc) is 2.53. The van der Waals surface area contributed by atoms with Crippen molar-refractivity contribution in [3.8, 4) is 0 Å². The maximum absolute atomic E-state index is 12.2. The first-order valence-corrected chi connectivity index (χ1v) is 8.86. The molecular formula is C16H35NO6. The molecule has 0 heterocycles. The van der Waals surface area contributed by atoms with Crippen LogP contribution in [0.15, 0.2) is 0 Å². The summed E-state index contributed by atoms with van der Waals surface area (Å²) in [6, 6.07) is 0. The topological polar surface area (TPSA) is 102 Å². The van der Waals surface area contributed by atoms with Crippen LogP contribution in [0.25, 0.3) is 0 Å². The van der Waals surface area contributed by atoms with Crippen molar-refractivity contribution < 1.29 is 30.0 Å². The van der Waals surface area contributed by atoms with Crippen LogP contribution in [0, 0.1) is 5.21 Å². The van der Waals surface area contributed by atoms with Gasteiger partial charge in [-0.2, -0.15) is 9.68 Å². The van der Waals surface area contributed by atoms with Gasteiger partial charge in [-0.3, -0.25) is 0 Å². The van der Waals surface area contributed by atoms with E-state index in [1.165, 1.54) is 32.1 Å². The van der Waals surface area contributed by atoms with Crippen molar-refractivity contribution in [1.29, 1.82) is 0 Å². The molecule has 0 bridgehead atoms. The highest BCUT2D eigenvalue weighted by atomic mass is 17.2. The van der Waals surface area contributed by atoms with Crippen molar-refractivity contribution in [1.82, 2.24) is 0 Å². The second-order valence-electron chi connectivity index (χ2n) is 5.82. The Morgan fingerprint density at radius 2 is 1.35 bits per heavy atom. The van der Waals surface area contributed by atoms with Gasteiger partial charge >= 0.3 is 0 Å². The van der Waals surface area contributed by atoms with Crippen LogP contribution in [0.3, 0.4) is 0 Å². The van der Waals surface area contributed by atoms with Gasteiger partial charge in [0.15, 0.2) is 6.54 Å². The molecule has 3 N–H and O–H groups in total. The Kier molecular flexibility index (Phi) is 15.1. The van der Waals surface area contributed by atoms with Crippen LogP contribution in [-0.4, -0.2) is 59.4 Å². The molecule has 0 aromatic carbocycles. The predicted molar refractivity (Wildman–Crippen MR) is 87.8 cm³/mol. The van der Waals surface area contributed by atoms with Crippen molar-refractivity contribution in [2.75, 3.05) is 33.0 Å². The first kappa shape index (κ1) is 22.7. The molecule has 23 heavy (non-hydrogen) atoms. The number of aliphatic hydroxyl groups excluding tert-OH is 3. The van der Waals surface area contributed by atoms with E-state index in [1.807, 2.05) is 0 Å². The average molecular weight is 337 g/mol. The van der Waals surface area contributed by atoms with Gasteiger partial charge in [0.1, 0.15) is 19.3 Å². The Morgan fingerprint density at radius 1 is 0.870 bits per heavy atom. The lowest BCUT2D eigenvalue weighted by molar-refractivity contribution is -1.22. The highest BCUT2D eigenvalue weighted by Gasteiger charge is 2.25. The summed E-state index contributed by atoms with van der Waals surface area (Å²) in [6.07, 6.45) is 9.05. The molecule has 0 aliphatic carbocycles. The summed E-state index contributed by atoms with van der Waals surface area (Å²) in [7, 11) is 0. The maximum Gasteiger partial charge on any atom is 0.168 e. The van der Waals surface area contributed by atoms with Crippen molar-refractivity contribution in [2.24, 2.45) is 0 Å². The molecule has 1 atom stereocenters. The molecule has 0 amide bonds. The largest absolute Gasteiger partial charge is 0.564 e. The van der Waals surface area contributed by atoms with Crippen molar-refractivity contribution in [3.63, 3.8) is 0 Å². The molecule has 0 fully saturated rings. The summed E-state index contributed by atoms with van der Waals surface area (Å²) in [5, 5.41) is 39.6. The van der Waals surface area contributed by atoms with E-state index in [4.69, 9.17) is 19.9 Å². The highest BCUT2D eigenvalue weighted by Crippen LogP contribution is 2.14. The highest BCUT2D eigenvalue weighted by molar-refractivity contribution is 4.55. The van der Waals surface area contributed by atoms with E-state index in [1.54, 1.807) is 0 Å². The molecule has 0 spiro atoms. The molecule has 0 aliphatic heterocycles. The van der Waals surface area contributed by atoms with Gasteiger partial charge in [-0.1, -0.05) is 63.3 Å². The lowest BCUT2D eigenvalue weighted by Gasteiger charge is -2.36. The van der Waals surface area contributed by atoms with Gasteiger partial charge < -0.3 is 20.5 Å². The van der Waals surface area contributed by atoms with Crippen molar-refractivity contribution in [2.45, 2.75) is 70.8 Å². The Morgan fingerprint density at radius 3 is 1.83 bits per heavy atom. The summed E-state index contributed by atoms with van der Waals surface area (Å²) >= 11 is 0. The van der Waals surface area contributed by atoms with Crippen LogP contribution < -0.4 is 0 Å². The van der Waals surface area contributed by atoms with Gasteiger partial charge in [0.05, 0.1) is 13.2 Å². The first-order valence-electron chi connectivity index (χ1n) is 8.86. The summed E-state index contributed by atoms with van der Waals surface area (Å²) < 4.78 is 0. The van der Waals surface area contributed by atoms with Crippen LogP contribution in [0.5, 0.6) is 0 Å². The molecule has 0 aromatic rings. The van der Waals surface area contributed by atoms with Crippen molar-refractivity contribution >= 4 is 0 Å². The quantitative estimate of drug-likeness (QED) is 0.213.